The first-order chi connectivity index (χ1) is 6.41. The molecule has 1 aromatic rings. The van der Waals surface area contributed by atoms with Gasteiger partial charge in [0.05, 0.1) is 17.0 Å². The van der Waals surface area contributed by atoms with Crippen LogP contribution in [0.1, 0.15) is 17.1 Å². The minimum atomic E-state index is -2.95. The monoisotopic (exact) mass is 232 g/mol. The molecule has 0 aliphatic carbocycles. The number of aromatic nitrogens is 1. The van der Waals surface area contributed by atoms with Crippen LogP contribution in [-0.2, 0) is 15.4 Å². The minimum absolute atomic E-state index is 0.0347. The summed E-state index contributed by atoms with van der Waals surface area (Å²) >= 11 is 1.45. The SMILES string of the molecule is Cc1csc(C2(N)CCS(=O)(=O)C2)n1. The lowest BCUT2D eigenvalue weighted by Crippen LogP contribution is -2.37. The molecule has 2 heterocycles. The molecule has 1 fully saturated rings. The van der Waals surface area contributed by atoms with Crippen LogP contribution in [0.3, 0.4) is 0 Å². The van der Waals surface area contributed by atoms with E-state index in [4.69, 9.17) is 5.73 Å². The molecule has 4 nitrogen and oxygen atoms in total. The van der Waals surface area contributed by atoms with Gasteiger partial charge in [0.1, 0.15) is 5.01 Å². The van der Waals surface area contributed by atoms with Crippen molar-refractivity contribution in [1.29, 1.82) is 0 Å². The molecule has 0 radical (unpaired) electrons. The van der Waals surface area contributed by atoms with E-state index in [2.05, 4.69) is 4.98 Å². The van der Waals surface area contributed by atoms with Gasteiger partial charge in [-0.1, -0.05) is 0 Å². The Labute approximate surface area is 87.1 Å². The van der Waals surface area contributed by atoms with Gasteiger partial charge in [-0.05, 0) is 13.3 Å². The van der Waals surface area contributed by atoms with Crippen molar-refractivity contribution < 1.29 is 8.42 Å². The third kappa shape index (κ3) is 1.69. The maximum Gasteiger partial charge on any atom is 0.152 e. The van der Waals surface area contributed by atoms with Crippen molar-refractivity contribution in [2.45, 2.75) is 18.9 Å². The predicted molar refractivity (Wildman–Crippen MR) is 56.0 cm³/mol. The van der Waals surface area contributed by atoms with Crippen LogP contribution in [0.4, 0.5) is 0 Å². The zero-order valence-electron chi connectivity index (χ0n) is 7.86. The molecule has 2 rings (SSSR count). The van der Waals surface area contributed by atoms with Crippen LogP contribution < -0.4 is 5.73 Å². The molecular weight excluding hydrogens is 220 g/mol. The molecule has 0 aromatic carbocycles. The van der Waals surface area contributed by atoms with Crippen molar-refractivity contribution in [2.24, 2.45) is 5.73 Å². The summed E-state index contributed by atoms with van der Waals surface area (Å²) in [5, 5.41) is 2.64. The lowest BCUT2D eigenvalue weighted by atomic mass is 10.0. The van der Waals surface area contributed by atoms with E-state index in [1.54, 1.807) is 0 Å². The topological polar surface area (TPSA) is 73.1 Å². The van der Waals surface area contributed by atoms with Gasteiger partial charge in [0, 0.05) is 11.1 Å². The van der Waals surface area contributed by atoms with Gasteiger partial charge < -0.3 is 5.73 Å². The lowest BCUT2D eigenvalue weighted by molar-refractivity contribution is 0.502. The van der Waals surface area contributed by atoms with Gasteiger partial charge in [-0.15, -0.1) is 11.3 Å². The predicted octanol–water partition coefficient (Wildman–Crippen LogP) is 0.424. The quantitative estimate of drug-likeness (QED) is 0.762. The standard InChI is InChI=1S/C8H12N2O2S2/c1-6-4-13-7(10-6)8(9)2-3-14(11,12)5-8/h4H,2-3,5,9H2,1H3. The molecule has 0 bridgehead atoms. The number of sulfone groups is 1. The molecule has 1 aliphatic heterocycles. The summed E-state index contributed by atoms with van der Waals surface area (Å²) < 4.78 is 22.6. The zero-order chi connectivity index (χ0) is 10.4. The van der Waals surface area contributed by atoms with Gasteiger partial charge >= 0.3 is 0 Å². The molecule has 0 amide bonds. The molecule has 0 saturated carbocycles. The van der Waals surface area contributed by atoms with E-state index in [0.717, 1.165) is 10.7 Å². The summed E-state index contributed by atoms with van der Waals surface area (Å²) in [6, 6.07) is 0. The molecular formula is C8H12N2O2S2. The molecule has 1 unspecified atom stereocenters. The Morgan fingerprint density at radius 1 is 1.64 bits per heavy atom. The van der Waals surface area contributed by atoms with Crippen LogP contribution in [0.2, 0.25) is 0 Å². The van der Waals surface area contributed by atoms with E-state index < -0.39 is 15.4 Å². The van der Waals surface area contributed by atoms with Gasteiger partial charge in [-0.3, -0.25) is 0 Å². The van der Waals surface area contributed by atoms with Crippen LogP contribution in [-0.4, -0.2) is 24.9 Å². The van der Waals surface area contributed by atoms with Gasteiger partial charge in [0.15, 0.2) is 9.84 Å². The fourth-order valence-corrected chi connectivity index (χ4v) is 4.54. The Hall–Kier alpha value is -0.460. The van der Waals surface area contributed by atoms with E-state index in [9.17, 15) is 8.42 Å². The van der Waals surface area contributed by atoms with Crippen LogP contribution in [0.5, 0.6) is 0 Å². The summed E-state index contributed by atoms with van der Waals surface area (Å²) in [6.07, 6.45) is 0.488. The van der Waals surface area contributed by atoms with E-state index >= 15 is 0 Å². The van der Waals surface area contributed by atoms with Gasteiger partial charge in [-0.2, -0.15) is 0 Å². The molecule has 6 heteroatoms. The summed E-state index contributed by atoms with van der Waals surface area (Å²) in [6.45, 7) is 1.88. The number of thiazole rings is 1. The van der Waals surface area contributed by atoms with Crippen molar-refractivity contribution in [3.8, 4) is 0 Å². The Balaban J connectivity index is 2.36. The number of hydrogen-bond acceptors (Lipinski definition) is 5. The zero-order valence-corrected chi connectivity index (χ0v) is 9.49. The average molecular weight is 232 g/mol. The van der Waals surface area contributed by atoms with E-state index in [-0.39, 0.29) is 11.5 Å². The van der Waals surface area contributed by atoms with Gasteiger partial charge in [0.25, 0.3) is 0 Å². The largest absolute Gasteiger partial charge is 0.319 e. The highest BCUT2D eigenvalue weighted by Gasteiger charge is 2.42. The second-order valence-corrected chi connectivity index (χ2v) is 6.83. The first-order valence-electron chi connectivity index (χ1n) is 4.33. The van der Waals surface area contributed by atoms with Crippen LogP contribution in [0, 0.1) is 6.92 Å². The molecule has 1 saturated heterocycles. The van der Waals surface area contributed by atoms with Crippen molar-refractivity contribution in [3.05, 3.63) is 16.1 Å². The van der Waals surface area contributed by atoms with E-state index in [1.807, 2.05) is 12.3 Å². The van der Waals surface area contributed by atoms with Gasteiger partial charge in [0.2, 0.25) is 0 Å². The summed E-state index contributed by atoms with van der Waals surface area (Å²) in [7, 11) is -2.95. The van der Waals surface area contributed by atoms with Crippen molar-refractivity contribution in [1.82, 2.24) is 4.98 Å². The molecule has 14 heavy (non-hydrogen) atoms. The van der Waals surface area contributed by atoms with Crippen molar-refractivity contribution >= 4 is 21.2 Å². The highest BCUT2D eigenvalue weighted by molar-refractivity contribution is 7.91. The Bertz CT molecular complexity index is 452. The maximum absolute atomic E-state index is 11.3. The number of aryl methyl sites for hydroxylation is 1. The number of nitrogens with two attached hydrogens (primary N) is 1. The van der Waals surface area contributed by atoms with Crippen molar-refractivity contribution in [2.75, 3.05) is 11.5 Å². The average Bonchev–Trinajstić information content (AvgIpc) is 2.57. The smallest absolute Gasteiger partial charge is 0.152 e. The first kappa shape index (κ1) is 10.1. The normalized spacial score (nSPS) is 30.7. The second kappa shape index (κ2) is 3.01. The molecule has 78 valence electrons. The number of rotatable bonds is 1. The summed E-state index contributed by atoms with van der Waals surface area (Å²) in [5.74, 6) is 0.217. The Morgan fingerprint density at radius 3 is 2.79 bits per heavy atom. The third-order valence-electron chi connectivity index (χ3n) is 2.38. The summed E-state index contributed by atoms with van der Waals surface area (Å²) in [4.78, 5) is 4.26. The molecule has 1 atom stereocenters. The molecule has 1 aromatic heterocycles. The van der Waals surface area contributed by atoms with Crippen LogP contribution in [0.25, 0.3) is 0 Å². The number of hydrogen-bond donors (Lipinski definition) is 1. The fraction of sp³-hybridized carbons (Fsp3) is 0.625. The van der Waals surface area contributed by atoms with Crippen LogP contribution in [0.15, 0.2) is 5.38 Å². The first-order valence-corrected chi connectivity index (χ1v) is 7.03. The molecule has 1 aliphatic rings. The maximum atomic E-state index is 11.3. The molecule has 0 spiro atoms. The highest BCUT2D eigenvalue weighted by atomic mass is 32.2. The Morgan fingerprint density at radius 2 is 2.36 bits per heavy atom. The van der Waals surface area contributed by atoms with E-state index in [1.165, 1.54) is 11.3 Å². The van der Waals surface area contributed by atoms with Crippen molar-refractivity contribution in [3.63, 3.8) is 0 Å². The third-order valence-corrected chi connectivity index (χ3v) is 5.34. The molecule has 2 N–H and O–H groups in total. The highest BCUT2D eigenvalue weighted by Crippen LogP contribution is 2.32. The Kier molecular flexibility index (Phi) is 2.17. The van der Waals surface area contributed by atoms with E-state index in [0.29, 0.717) is 6.42 Å². The van der Waals surface area contributed by atoms with Crippen LogP contribution >= 0.6 is 11.3 Å². The number of nitrogens with zero attached hydrogens (tertiary/aromatic N) is 1. The minimum Gasteiger partial charge on any atom is -0.319 e. The summed E-state index contributed by atoms with van der Waals surface area (Å²) in [5.41, 5.74) is 6.20. The fourth-order valence-electron chi connectivity index (χ4n) is 1.63. The lowest BCUT2D eigenvalue weighted by Gasteiger charge is -2.18. The second-order valence-electron chi connectivity index (χ2n) is 3.79. The van der Waals surface area contributed by atoms with Gasteiger partial charge in [-0.25, -0.2) is 13.4 Å².